The molecule has 1 aliphatic rings. The van der Waals surface area contributed by atoms with E-state index in [1.165, 1.54) is 11.8 Å². The molecule has 1 N–H and O–H groups in total. The third kappa shape index (κ3) is 2.19. The molecular weight excluding hydrogens is 246 g/mol. The van der Waals surface area contributed by atoms with Crippen LogP contribution in [-0.2, 0) is 4.79 Å². The summed E-state index contributed by atoms with van der Waals surface area (Å²) in [7, 11) is 0. The summed E-state index contributed by atoms with van der Waals surface area (Å²) in [5, 5.41) is 9.67. The van der Waals surface area contributed by atoms with Crippen LogP contribution in [0.2, 0.25) is 0 Å². The molecule has 1 atom stereocenters. The first-order valence-electron chi connectivity index (χ1n) is 5.01. The van der Waals surface area contributed by atoms with Crippen LogP contribution in [0.1, 0.15) is 0 Å². The summed E-state index contributed by atoms with van der Waals surface area (Å²) in [6.45, 7) is 0.426. The van der Waals surface area contributed by atoms with Gasteiger partial charge in [0.05, 0.1) is 5.69 Å². The second kappa shape index (κ2) is 5.08. The Morgan fingerprint density at radius 2 is 2.25 bits per heavy atom. The number of hydrogen-bond donors (Lipinski definition) is 1. The lowest BCUT2D eigenvalue weighted by Crippen LogP contribution is -2.40. The lowest BCUT2D eigenvalue weighted by molar-refractivity contribution is -0.125. The molecule has 0 radical (unpaired) electrons. The van der Waals surface area contributed by atoms with Crippen molar-refractivity contribution in [1.82, 2.24) is 0 Å². The Hall–Kier alpha value is -0.710. The van der Waals surface area contributed by atoms with Crippen molar-refractivity contribution in [2.45, 2.75) is 11.0 Å². The first-order chi connectivity index (χ1) is 7.74. The molecule has 0 spiro atoms. The van der Waals surface area contributed by atoms with Gasteiger partial charge in [-0.15, -0.1) is 23.4 Å². The van der Waals surface area contributed by atoms with Crippen LogP contribution in [0.15, 0.2) is 29.2 Å². The number of carbonyl (C=O) groups excluding carboxylic acids is 1. The number of para-hydroxylation sites is 1. The van der Waals surface area contributed by atoms with Crippen LogP contribution in [0.25, 0.3) is 0 Å². The van der Waals surface area contributed by atoms with Crippen molar-refractivity contribution < 1.29 is 9.90 Å². The Balaban J connectivity index is 2.41. The predicted octanol–water partition coefficient (Wildman–Crippen LogP) is 1.72. The molecule has 0 aliphatic carbocycles. The van der Waals surface area contributed by atoms with Crippen molar-refractivity contribution in [1.29, 1.82) is 0 Å². The third-order valence-corrected chi connectivity index (χ3v) is 3.72. The number of rotatable bonds is 2. The molecule has 3 nitrogen and oxygen atoms in total. The standard InChI is InChI=1S/C11H12ClNO2S/c12-5-6-13-8-3-1-2-4-10(8)16-7-9(14)11(13)15/h1-4,9,14H,5-7H2. The summed E-state index contributed by atoms with van der Waals surface area (Å²) >= 11 is 7.18. The summed E-state index contributed by atoms with van der Waals surface area (Å²) < 4.78 is 0. The topological polar surface area (TPSA) is 40.5 Å². The summed E-state index contributed by atoms with van der Waals surface area (Å²) in [5.41, 5.74) is 0.842. The van der Waals surface area contributed by atoms with Gasteiger partial charge in [-0.1, -0.05) is 12.1 Å². The van der Waals surface area contributed by atoms with Crippen LogP contribution >= 0.6 is 23.4 Å². The van der Waals surface area contributed by atoms with Gasteiger partial charge < -0.3 is 10.0 Å². The molecule has 0 saturated heterocycles. The molecule has 2 rings (SSSR count). The fourth-order valence-electron chi connectivity index (χ4n) is 1.66. The van der Waals surface area contributed by atoms with E-state index in [-0.39, 0.29) is 5.91 Å². The van der Waals surface area contributed by atoms with Gasteiger partial charge in [-0.25, -0.2) is 0 Å². The number of nitrogens with zero attached hydrogens (tertiary/aromatic N) is 1. The van der Waals surface area contributed by atoms with E-state index in [1.807, 2.05) is 24.3 Å². The smallest absolute Gasteiger partial charge is 0.256 e. The van der Waals surface area contributed by atoms with Gasteiger partial charge in [0, 0.05) is 23.1 Å². The highest BCUT2D eigenvalue weighted by atomic mass is 35.5. The van der Waals surface area contributed by atoms with Gasteiger partial charge in [-0.3, -0.25) is 4.79 Å². The normalized spacial score (nSPS) is 20.5. The minimum Gasteiger partial charge on any atom is -0.382 e. The van der Waals surface area contributed by atoms with Crippen LogP contribution in [0.3, 0.4) is 0 Å². The Morgan fingerprint density at radius 1 is 1.50 bits per heavy atom. The number of alkyl halides is 1. The number of aliphatic hydroxyl groups excluding tert-OH is 1. The van der Waals surface area contributed by atoms with Crippen LogP contribution in [0.4, 0.5) is 5.69 Å². The molecule has 0 fully saturated rings. The number of fused-ring (bicyclic) bond motifs is 1. The first-order valence-corrected chi connectivity index (χ1v) is 6.53. The zero-order valence-electron chi connectivity index (χ0n) is 8.60. The Kier molecular flexibility index (Phi) is 3.74. The minimum absolute atomic E-state index is 0.266. The van der Waals surface area contributed by atoms with E-state index in [2.05, 4.69) is 0 Å². The molecule has 86 valence electrons. The van der Waals surface area contributed by atoms with Gasteiger partial charge in [-0.05, 0) is 12.1 Å². The molecule has 1 aromatic carbocycles. The number of benzene rings is 1. The molecule has 0 saturated carbocycles. The van der Waals surface area contributed by atoms with Crippen LogP contribution in [0, 0.1) is 0 Å². The zero-order chi connectivity index (χ0) is 11.5. The van der Waals surface area contributed by atoms with Crippen LogP contribution in [0.5, 0.6) is 0 Å². The number of amides is 1. The first kappa shape index (κ1) is 11.8. The largest absolute Gasteiger partial charge is 0.382 e. The molecule has 16 heavy (non-hydrogen) atoms. The number of aliphatic hydroxyl groups is 1. The van der Waals surface area contributed by atoms with E-state index in [1.54, 1.807) is 4.90 Å². The van der Waals surface area contributed by atoms with E-state index in [0.29, 0.717) is 18.2 Å². The maximum atomic E-state index is 11.9. The summed E-state index contributed by atoms with van der Waals surface area (Å²) in [4.78, 5) is 14.5. The second-order valence-electron chi connectivity index (χ2n) is 3.47. The van der Waals surface area contributed by atoms with Gasteiger partial charge in [0.2, 0.25) is 0 Å². The SMILES string of the molecule is O=C1C(O)CSc2ccccc2N1CCCl. The molecule has 1 heterocycles. The highest BCUT2D eigenvalue weighted by Gasteiger charge is 2.28. The number of carbonyl (C=O) groups is 1. The molecule has 5 heteroatoms. The fourth-order valence-corrected chi connectivity index (χ4v) is 2.81. The van der Waals surface area contributed by atoms with Crippen molar-refractivity contribution in [3.8, 4) is 0 Å². The second-order valence-corrected chi connectivity index (χ2v) is 4.91. The Labute approximate surface area is 103 Å². The molecule has 1 aliphatic heterocycles. The fraction of sp³-hybridized carbons (Fsp3) is 0.364. The van der Waals surface area contributed by atoms with Gasteiger partial charge in [-0.2, -0.15) is 0 Å². The van der Waals surface area contributed by atoms with E-state index in [4.69, 9.17) is 11.6 Å². The maximum absolute atomic E-state index is 11.9. The van der Waals surface area contributed by atoms with Crippen molar-refractivity contribution in [3.05, 3.63) is 24.3 Å². The van der Waals surface area contributed by atoms with Crippen molar-refractivity contribution >= 4 is 35.0 Å². The van der Waals surface area contributed by atoms with Crippen molar-refractivity contribution in [3.63, 3.8) is 0 Å². The van der Waals surface area contributed by atoms with Gasteiger partial charge in [0.1, 0.15) is 6.10 Å². The minimum atomic E-state index is -0.944. The van der Waals surface area contributed by atoms with E-state index < -0.39 is 6.10 Å². The zero-order valence-corrected chi connectivity index (χ0v) is 10.2. The highest BCUT2D eigenvalue weighted by Crippen LogP contribution is 2.33. The molecule has 0 aromatic heterocycles. The molecule has 0 bridgehead atoms. The van der Waals surface area contributed by atoms with Crippen molar-refractivity contribution in [2.24, 2.45) is 0 Å². The maximum Gasteiger partial charge on any atom is 0.256 e. The average molecular weight is 258 g/mol. The Bertz CT molecular complexity index is 399. The molecule has 1 aromatic rings. The van der Waals surface area contributed by atoms with E-state index in [9.17, 15) is 9.90 Å². The lowest BCUT2D eigenvalue weighted by atomic mass is 10.2. The highest BCUT2D eigenvalue weighted by molar-refractivity contribution is 7.99. The van der Waals surface area contributed by atoms with E-state index in [0.717, 1.165) is 10.6 Å². The van der Waals surface area contributed by atoms with Gasteiger partial charge in [0.25, 0.3) is 5.91 Å². The molecular formula is C11H12ClNO2S. The van der Waals surface area contributed by atoms with Gasteiger partial charge in [0.15, 0.2) is 0 Å². The number of anilines is 1. The summed E-state index contributed by atoms with van der Waals surface area (Å²) in [5.74, 6) is 0.490. The number of halogens is 1. The monoisotopic (exact) mass is 257 g/mol. The third-order valence-electron chi connectivity index (χ3n) is 2.41. The average Bonchev–Trinajstić information content (AvgIpc) is 2.42. The number of thioether (sulfide) groups is 1. The number of hydrogen-bond acceptors (Lipinski definition) is 3. The summed E-state index contributed by atoms with van der Waals surface area (Å²) in [6, 6.07) is 7.63. The molecule has 1 amide bonds. The van der Waals surface area contributed by atoms with Crippen LogP contribution in [-0.4, -0.2) is 35.3 Å². The molecule has 1 unspecified atom stereocenters. The van der Waals surface area contributed by atoms with Gasteiger partial charge >= 0.3 is 0 Å². The van der Waals surface area contributed by atoms with E-state index >= 15 is 0 Å². The summed E-state index contributed by atoms with van der Waals surface area (Å²) in [6.07, 6.45) is -0.944. The van der Waals surface area contributed by atoms with Crippen LogP contribution < -0.4 is 4.90 Å². The lowest BCUT2D eigenvalue weighted by Gasteiger charge is -2.22. The van der Waals surface area contributed by atoms with Crippen molar-refractivity contribution in [2.75, 3.05) is 23.1 Å². The Morgan fingerprint density at radius 3 is 3.00 bits per heavy atom. The predicted molar refractivity (Wildman–Crippen MR) is 66.2 cm³/mol. The quantitative estimate of drug-likeness (QED) is 0.821.